The molecule has 0 aromatic heterocycles. The Morgan fingerprint density at radius 2 is 2.00 bits per heavy atom. The van der Waals surface area contributed by atoms with Crippen molar-refractivity contribution < 1.29 is 14.7 Å². The molecular formula is C10H16N2O3. The number of aliphatic carboxylic acids is 1. The largest absolute Gasteiger partial charge is 0.480 e. The first kappa shape index (κ1) is 10.4. The number of carbonyl (C=O) groups is 2. The van der Waals surface area contributed by atoms with Gasteiger partial charge in [0.15, 0.2) is 0 Å². The fourth-order valence-corrected chi connectivity index (χ4v) is 2.24. The molecule has 1 aliphatic carbocycles. The van der Waals surface area contributed by atoms with Crippen LogP contribution in [0.15, 0.2) is 0 Å². The van der Waals surface area contributed by atoms with Gasteiger partial charge in [-0.15, -0.1) is 0 Å². The van der Waals surface area contributed by atoms with Crippen LogP contribution in [0.5, 0.6) is 0 Å². The zero-order valence-electron chi connectivity index (χ0n) is 8.61. The molecule has 0 aromatic carbocycles. The first-order valence-electron chi connectivity index (χ1n) is 5.37. The average molecular weight is 212 g/mol. The lowest BCUT2D eigenvalue weighted by molar-refractivity contribution is -0.148. The molecule has 0 radical (unpaired) electrons. The molecule has 0 aromatic rings. The molecular weight excluding hydrogens is 196 g/mol. The van der Waals surface area contributed by atoms with Crippen LogP contribution < -0.4 is 5.32 Å². The summed E-state index contributed by atoms with van der Waals surface area (Å²) in [5.41, 5.74) is -1.02. The van der Waals surface area contributed by atoms with E-state index in [0.717, 1.165) is 13.1 Å². The monoisotopic (exact) mass is 212 g/mol. The minimum absolute atomic E-state index is 0.501. The molecule has 0 bridgehead atoms. The Bertz CT molecular complexity index is 268. The molecule has 84 valence electrons. The van der Waals surface area contributed by atoms with Gasteiger partial charge < -0.3 is 15.3 Å². The summed E-state index contributed by atoms with van der Waals surface area (Å²) in [7, 11) is 0. The Kier molecular flexibility index (Phi) is 2.65. The SMILES string of the molecule is O=CNC1(C(=O)O)CCN(C2CC2)CC1. The highest BCUT2D eigenvalue weighted by Gasteiger charge is 2.43. The Labute approximate surface area is 88.4 Å². The van der Waals surface area contributed by atoms with Gasteiger partial charge in [-0.25, -0.2) is 4.79 Å². The van der Waals surface area contributed by atoms with E-state index in [-0.39, 0.29) is 0 Å². The molecule has 0 unspecified atom stereocenters. The zero-order chi connectivity index (χ0) is 10.9. The van der Waals surface area contributed by atoms with Crippen molar-refractivity contribution in [2.75, 3.05) is 13.1 Å². The van der Waals surface area contributed by atoms with Gasteiger partial charge in [0, 0.05) is 19.1 Å². The summed E-state index contributed by atoms with van der Waals surface area (Å²) in [6, 6.07) is 0.674. The number of hydrogen-bond donors (Lipinski definition) is 2. The van der Waals surface area contributed by atoms with Gasteiger partial charge in [-0.05, 0) is 25.7 Å². The Balaban J connectivity index is 1.97. The summed E-state index contributed by atoms with van der Waals surface area (Å²) in [6.45, 7) is 1.55. The summed E-state index contributed by atoms with van der Waals surface area (Å²) >= 11 is 0. The summed E-state index contributed by atoms with van der Waals surface area (Å²) in [5.74, 6) is -0.912. The molecule has 0 spiro atoms. The van der Waals surface area contributed by atoms with E-state index in [0.29, 0.717) is 25.3 Å². The zero-order valence-corrected chi connectivity index (χ0v) is 8.61. The van der Waals surface area contributed by atoms with Gasteiger partial charge in [0.2, 0.25) is 6.41 Å². The van der Waals surface area contributed by atoms with Crippen LogP contribution in [0.1, 0.15) is 25.7 Å². The van der Waals surface area contributed by atoms with Crippen LogP contribution in [0.25, 0.3) is 0 Å². The van der Waals surface area contributed by atoms with Gasteiger partial charge in [0.05, 0.1) is 0 Å². The van der Waals surface area contributed by atoms with Gasteiger partial charge in [0.25, 0.3) is 0 Å². The third kappa shape index (κ3) is 1.97. The van der Waals surface area contributed by atoms with Crippen LogP contribution in [0.2, 0.25) is 0 Å². The van der Waals surface area contributed by atoms with Crippen LogP contribution in [0.4, 0.5) is 0 Å². The maximum Gasteiger partial charge on any atom is 0.329 e. The first-order chi connectivity index (χ1) is 7.18. The quantitative estimate of drug-likeness (QED) is 0.634. The van der Waals surface area contributed by atoms with E-state index >= 15 is 0 Å². The molecule has 1 amide bonds. The molecule has 2 fully saturated rings. The van der Waals surface area contributed by atoms with E-state index in [1.165, 1.54) is 12.8 Å². The van der Waals surface area contributed by atoms with Crippen molar-refractivity contribution in [1.29, 1.82) is 0 Å². The lowest BCUT2D eigenvalue weighted by atomic mass is 9.87. The highest BCUT2D eigenvalue weighted by atomic mass is 16.4. The number of amides is 1. The minimum Gasteiger partial charge on any atom is -0.480 e. The van der Waals surface area contributed by atoms with E-state index < -0.39 is 11.5 Å². The van der Waals surface area contributed by atoms with Crippen molar-refractivity contribution in [3.05, 3.63) is 0 Å². The standard InChI is InChI=1S/C10H16N2O3/c13-7-11-10(9(14)15)3-5-12(6-4-10)8-1-2-8/h7-8H,1-6H2,(H,11,13)(H,14,15). The summed E-state index contributed by atoms with van der Waals surface area (Å²) in [6.07, 6.45) is 4.00. The number of nitrogens with one attached hydrogen (secondary N) is 1. The molecule has 1 saturated carbocycles. The van der Waals surface area contributed by atoms with Crippen LogP contribution in [0, 0.1) is 0 Å². The molecule has 5 nitrogen and oxygen atoms in total. The second-order valence-electron chi connectivity index (χ2n) is 4.42. The minimum atomic E-state index is -1.02. The van der Waals surface area contributed by atoms with Crippen molar-refractivity contribution in [3.8, 4) is 0 Å². The maximum atomic E-state index is 11.1. The highest BCUT2D eigenvalue weighted by Crippen LogP contribution is 2.32. The van der Waals surface area contributed by atoms with E-state index in [1.54, 1.807) is 0 Å². The van der Waals surface area contributed by atoms with E-state index in [1.807, 2.05) is 0 Å². The Hall–Kier alpha value is -1.10. The van der Waals surface area contributed by atoms with E-state index in [4.69, 9.17) is 5.11 Å². The van der Waals surface area contributed by atoms with Gasteiger partial charge in [0.1, 0.15) is 5.54 Å². The molecule has 2 rings (SSSR count). The maximum absolute atomic E-state index is 11.1. The molecule has 2 N–H and O–H groups in total. The molecule has 15 heavy (non-hydrogen) atoms. The fourth-order valence-electron chi connectivity index (χ4n) is 2.24. The highest BCUT2D eigenvalue weighted by molar-refractivity contribution is 5.81. The van der Waals surface area contributed by atoms with Crippen molar-refractivity contribution in [3.63, 3.8) is 0 Å². The number of carbonyl (C=O) groups excluding carboxylic acids is 1. The summed E-state index contributed by atoms with van der Waals surface area (Å²) in [5, 5.41) is 11.6. The van der Waals surface area contributed by atoms with E-state index in [2.05, 4.69) is 10.2 Å². The second kappa shape index (κ2) is 3.81. The van der Waals surface area contributed by atoms with Crippen molar-refractivity contribution in [1.82, 2.24) is 10.2 Å². The third-order valence-electron chi connectivity index (χ3n) is 3.46. The van der Waals surface area contributed by atoms with Crippen LogP contribution >= 0.6 is 0 Å². The Morgan fingerprint density at radius 1 is 1.40 bits per heavy atom. The van der Waals surface area contributed by atoms with Gasteiger partial charge >= 0.3 is 5.97 Å². The van der Waals surface area contributed by atoms with Gasteiger partial charge in [-0.3, -0.25) is 4.79 Å². The van der Waals surface area contributed by atoms with E-state index in [9.17, 15) is 9.59 Å². The number of carboxylic acids is 1. The summed E-state index contributed by atoms with van der Waals surface area (Å²) in [4.78, 5) is 23.9. The number of rotatable bonds is 4. The normalized spacial score (nSPS) is 25.9. The topological polar surface area (TPSA) is 69.6 Å². The van der Waals surface area contributed by atoms with Crippen molar-refractivity contribution in [2.45, 2.75) is 37.3 Å². The first-order valence-corrected chi connectivity index (χ1v) is 5.37. The Morgan fingerprint density at radius 3 is 2.40 bits per heavy atom. The smallest absolute Gasteiger partial charge is 0.329 e. The molecule has 1 saturated heterocycles. The fraction of sp³-hybridized carbons (Fsp3) is 0.800. The average Bonchev–Trinajstić information content (AvgIpc) is 3.02. The number of carboxylic acid groups (broad SMARTS) is 1. The molecule has 2 aliphatic rings. The molecule has 1 heterocycles. The molecule has 0 atom stereocenters. The van der Waals surface area contributed by atoms with Crippen molar-refractivity contribution >= 4 is 12.4 Å². The van der Waals surface area contributed by atoms with Crippen LogP contribution in [-0.4, -0.2) is 47.1 Å². The number of piperidine rings is 1. The second-order valence-corrected chi connectivity index (χ2v) is 4.42. The predicted octanol–water partition coefficient (Wildman–Crippen LogP) is -0.186. The van der Waals surface area contributed by atoms with Crippen LogP contribution in [-0.2, 0) is 9.59 Å². The predicted molar refractivity (Wildman–Crippen MR) is 53.4 cm³/mol. The van der Waals surface area contributed by atoms with Crippen molar-refractivity contribution in [2.24, 2.45) is 0 Å². The van der Waals surface area contributed by atoms with Crippen LogP contribution in [0.3, 0.4) is 0 Å². The lowest BCUT2D eigenvalue weighted by Crippen LogP contribution is -2.58. The van der Waals surface area contributed by atoms with Gasteiger partial charge in [-0.2, -0.15) is 0 Å². The number of likely N-dealkylation sites (tertiary alicyclic amines) is 1. The molecule has 5 heteroatoms. The third-order valence-corrected chi connectivity index (χ3v) is 3.46. The molecule has 1 aliphatic heterocycles. The van der Waals surface area contributed by atoms with Gasteiger partial charge in [-0.1, -0.05) is 0 Å². The summed E-state index contributed by atoms with van der Waals surface area (Å²) < 4.78 is 0. The lowest BCUT2D eigenvalue weighted by Gasteiger charge is -2.38. The number of hydrogen-bond acceptors (Lipinski definition) is 3. The number of nitrogens with zero attached hydrogens (tertiary/aromatic N) is 1.